The molecule has 0 aromatic rings. The highest BCUT2D eigenvalue weighted by molar-refractivity contribution is 6.50. The molecule has 0 atom stereocenters. The molecule has 0 aliphatic heterocycles. The lowest BCUT2D eigenvalue weighted by Crippen LogP contribution is -2.27. The van der Waals surface area contributed by atoms with Gasteiger partial charge in [0.25, 0.3) is 0 Å². The third kappa shape index (κ3) is 8.27. The molecule has 0 saturated heterocycles. The highest BCUT2D eigenvalue weighted by Gasteiger charge is 2.17. The fourth-order valence-electron chi connectivity index (χ4n) is 0.913. The highest BCUT2D eigenvalue weighted by atomic mass is 16.6. The van der Waals surface area contributed by atoms with E-state index in [1.165, 1.54) is 0 Å². The Bertz CT molecular complexity index is 202. The van der Waals surface area contributed by atoms with Crippen molar-refractivity contribution in [1.29, 1.82) is 0 Å². The van der Waals surface area contributed by atoms with Crippen molar-refractivity contribution >= 4 is 7.12 Å². The van der Waals surface area contributed by atoms with Crippen LogP contribution < -0.4 is 0 Å². The molecule has 0 aliphatic carbocycles. The Hall–Kier alpha value is -0.735. The monoisotopic (exact) mass is 212 g/mol. The third-order valence-corrected chi connectivity index (χ3v) is 1.51. The maximum Gasteiger partial charge on any atom is 0.486 e. The number of hydrogen-bond donors (Lipinski definition) is 0. The van der Waals surface area contributed by atoms with Crippen molar-refractivity contribution in [3.05, 3.63) is 24.4 Å². The number of hydrogen-bond acceptors (Lipinski definition) is 3. The number of ether oxygens (including phenoxy) is 1. The van der Waals surface area contributed by atoms with Gasteiger partial charge in [-0.25, -0.2) is 0 Å². The number of rotatable bonds is 7. The Balaban J connectivity index is 4.23. The van der Waals surface area contributed by atoms with Gasteiger partial charge in [0.2, 0.25) is 0 Å². The first-order valence-corrected chi connectivity index (χ1v) is 5.17. The highest BCUT2D eigenvalue weighted by Crippen LogP contribution is 2.03. The van der Waals surface area contributed by atoms with E-state index in [1.807, 2.05) is 27.7 Å². The summed E-state index contributed by atoms with van der Waals surface area (Å²) >= 11 is 0. The van der Waals surface area contributed by atoms with Crippen LogP contribution in [0.2, 0.25) is 0 Å². The molecule has 0 fully saturated rings. The van der Waals surface area contributed by atoms with Gasteiger partial charge in [-0.3, -0.25) is 0 Å². The molecule has 0 N–H and O–H groups in total. The van der Waals surface area contributed by atoms with Crippen LogP contribution in [0.5, 0.6) is 0 Å². The van der Waals surface area contributed by atoms with Gasteiger partial charge >= 0.3 is 7.12 Å². The minimum absolute atomic E-state index is 0.120. The molecule has 0 saturated carbocycles. The molecular weight excluding hydrogens is 191 g/mol. The lowest BCUT2D eigenvalue weighted by molar-refractivity contribution is 0.138. The fourth-order valence-corrected chi connectivity index (χ4v) is 0.913. The van der Waals surface area contributed by atoms with E-state index in [0.29, 0.717) is 5.76 Å². The predicted octanol–water partition coefficient (Wildman–Crippen LogP) is 2.58. The molecule has 0 radical (unpaired) electrons. The van der Waals surface area contributed by atoms with Gasteiger partial charge in [0.05, 0.1) is 7.11 Å². The molecule has 86 valence electrons. The lowest BCUT2D eigenvalue weighted by Gasteiger charge is -2.16. The first-order valence-electron chi connectivity index (χ1n) is 5.17. The van der Waals surface area contributed by atoms with Gasteiger partial charge in [-0.05, 0) is 33.8 Å². The van der Waals surface area contributed by atoms with Crippen LogP contribution >= 0.6 is 0 Å². The van der Waals surface area contributed by atoms with Gasteiger partial charge < -0.3 is 14.0 Å². The molecule has 0 bridgehead atoms. The van der Waals surface area contributed by atoms with Crippen molar-refractivity contribution in [3.8, 4) is 0 Å². The summed E-state index contributed by atoms with van der Waals surface area (Å²) in [5.41, 5.74) is 0. The van der Waals surface area contributed by atoms with E-state index in [0.717, 1.165) is 0 Å². The molecule has 0 aromatic carbocycles. The summed E-state index contributed by atoms with van der Waals surface area (Å²) in [6.07, 6.45) is 1.98. The SMILES string of the molecule is C=C(/C=C/B(OC(C)C)OC(C)C)OC. The van der Waals surface area contributed by atoms with E-state index in [4.69, 9.17) is 14.0 Å². The largest absolute Gasteiger partial charge is 0.497 e. The maximum atomic E-state index is 5.55. The van der Waals surface area contributed by atoms with Crippen LogP contribution in [-0.2, 0) is 14.0 Å². The first-order chi connectivity index (χ1) is 6.95. The first kappa shape index (κ1) is 14.3. The van der Waals surface area contributed by atoms with Crippen molar-refractivity contribution in [3.63, 3.8) is 0 Å². The molecular formula is C11H21BO3. The van der Waals surface area contributed by atoms with Gasteiger partial charge in [0.15, 0.2) is 0 Å². The van der Waals surface area contributed by atoms with E-state index < -0.39 is 0 Å². The molecule has 0 spiro atoms. The third-order valence-electron chi connectivity index (χ3n) is 1.51. The summed E-state index contributed by atoms with van der Waals surface area (Å²) in [5.74, 6) is 2.38. The lowest BCUT2D eigenvalue weighted by atomic mass is 9.88. The van der Waals surface area contributed by atoms with E-state index in [2.05, 4.69) is 6.58 Å². The van der Waals surface area contributed by atoms with Crippen molar-refractivity contribution in [2.75, 3.05) is 7.11 Å². The van der Waals surface area contributed by atoms with E-state index in [1.54, 1.807) is 19.2 Å². The molecule has 0 aliphatic rings. The Morgan fingerprint density at radius 2 is 1.60 bits per heavy atom. The second-order valence-corrected chi connectivity index (χ2v) is 3.77. The van der Waals surface area contributed by atoms with Crippen molar-refractivity contribution in [1.82, 2.24) is 0 Å². The van der Waals surface area contributed by atoms with Crippen molar-refractivity contribution in [2.45, 2.75) is 39.9 Å². The van der Waals surface area contributed by atoms with Gasteiger partial charge in [-0.15, -0.1) is 0 Å². The second kappa shape index (κ2) is 7.54. The van der Waals surface area contributed by atoms with Gasteiger partial charge in [0.1, 0.15) is 5.76 Å². The van der Waals surface area contributed by atoms with Crippen LogP contribution in [0.1, 0.15) is 27.7 Å². The van der Waals surface area contributed by atoms with Crippen molar-refractivity contribution < 1.29 is 14.0 Å². The fraction of sp³-hybridized carbons (Fsp3) is 0.636. The predicted molar refractivity (Wildman–Crippen MR) is 63.5 cm³/mol. The van der Waals surface area contributed by atoms with Crippen LogP contribution in [0.15, 0.2) is 24.4 Å². The Morgan fingerprint density at radius 1 is 1.13 bits per heavy atom. The molecule has 0 aromatic heterocycles. The van der Waals surface area contributed by atoms with Crippen LogP contribution in [0.4, 0.5) is 0 Å². The van der Waals surface area contributed by atoms with Gasteiger partial charge in [-0.2, -0.15) is 0 Å². The smallest absolute Gasteiger partial charge is 0.486 e. The summed E-state index contributed by atoms with van der Waals surface area (Å²) < 4.78 is 16.0. The number of methoxy groups -OCH3 is 1. The number of allylic oxidation sites excluding steroid dienone is 1. The van der Waals surface area contributed by atoms with E-state index in [-0.39, 0.29) is 19.3 Å². The minimum atomic E-state index is -0.350. The zero-order valence-corrected chi connectivity index (χ0v) is 10.3. The Morgan fingerprint density at radius 3 is 1.93 bits per heavy atom. The topological polar surface area (TPSA) is 27.7 Å². The van der Waals surface area contributed by atoms with Crippen molar-refractivity contribution in [2.24, 2.45) is 0 Å². The van der Waals surface area contributed by atoms with Crippen LogP contribution in [0.3, 0.4) is 0 Å². The average molecular weight is 212 g/mol. The van der Waals surface area contributed by atoms with E-state index in [9.17, 15) is 0 Å². The molecule has 0 rings (SSSR count). The molecule has 4 heteroatoms. The molecule has 3 nitrogen and oxygen atoms in total. The Kier molecular flexibility index (Phi) is 7.17. The Labute approximate surface area is 93.2 Å². The second-order valence-electron chi connectivity index (χ2n) is 3.77. The molecule has 0 amide bonds. The molecule has 0 heterocycles. The van der Waals surface area contributed by atoms with Crippen LogP contribution in [-0.4, -0.2) is 26.4 Å². The summed E-state index contributed by atoms with van der Waals surface area (Å²) in [4.78, 5) is 0. The molecule has 0 unspecified atom stereocenters. The normalized spacial score (nSPS) is 11.4. The van der Waals surface area contributed by atoms with Gasteiger partial charge in [0, 0.05) is 12.2 Å². The maximum absolute atomic E-state index is 5.55. The van der Waals surface area contributed by atoms with Crippen LogP contribution in [0, 0.1) is 0 Å². The summed E-state index contributed by atoms with van der Waals surface area (Å²) in [5, 5.41) is 0. The quantitative estimate of drug-likeness (QED) is 0.368. The summed E-state index contributed by atoms with van der Waals surface area (Å²) in [6.45, 7) is 11.6. The van der Waals surface area contributed by atoms with Gasteiger partial charge in [-0.1, -0.05) is 12.6 Å². The average Bonchev–Trinajstić information content (AvgIpc) is 2.11. The summed E-state index contributed by atoms with van der Waals surface area (Å²) in [7, 11) is 1.23. The minimum Gasteiger partial charge on any atom is -0.497 e. The van der Waals surface area contributed by atoms with E-state index >= 15 is 0 Å². The van der Waals surface area contributed by atoms with Crippen LogP contribution in [0.25, 0.3) is 0 Å². The zero-order valence-electron chi connectivity index (χ0n) is 10.3. The molecule has 15 heavy (non-hydrogen) atoms. The standard InChI is InChI=1S/C11H21BO3/c1-9(2)14-12(15-10(3)4)8-7-11(5)13-6/h7-10H,5H2,1-4,6H3/b8-7+. The zero-order chi connectivity index (χ0) is 11.8. The summed E-state index contributed by atoms with van der Waals surface area (Å²) in [6, 6.07) is 0.